The molecule has 2 saturated heterocycles. The lowest BCUT2D eigenvalue weighted by Gasteiger charge is -2.51. The van der Waals surface area contributed by atoms with Gasteiger partial charge in [-0.05, 0) is 31.4 Å². The Morgan fingerprint density at radius 1 is 1.26 bits per heavy atom. The van der Waals surface area contributed by atoms with Gasteiger partial charge in [0.05, 0.1) is 5.60 Å². The molecule has 27 heavy (non-hydrogen) atoms. The first-order chi connectivity index (χ1) is 13.1. The summed E-state index contributed by atoms with van der Waals surface area (Å²) in [6, 6.07) is 0. The minimum absolute atomic E-state index is 0.139. The highest BCUT2D eigenvalue weighted by Crippen LogP contribution is 2.37. The summed E-state index contributed by atoms with van der Waals surface area (Å²) in [5.41, 5.74) is 0.504. The fourth-order valence-corrected chi connectivity index (χ4v) is 5.03. The molecule has 4 rings (SSSR count). The predicted octanol–water partition coefficient (Wildman–Crippen LogP) is 2.17. The zero-order chi connectivity index (χ0) is 18.9. The number of aliphatic hydroxyl groups is 1. The number of nitrogens with zero attached hydrogens (tertiary/aromatic N) is 4. The quantitative estimate of drug-likeness (QED) is 0.614. The van der Waals surface area contributed by atoms with E-state index < -0.39 is 5.60 Å². The van der Waals surface area contributed by atoms with E-state index >= 15 is 0 Å². The summed E-state index contributed by atoms with van der Waals surface area (Å²) in [6.45, 7) is 6.03. The molecule has 6 nitrogen and oxygen atoms in total. The molecule has 1 N–H and O–H groups in total. The SMILES string of the molecule is CCSc1ncc(CN2CC[C@@]3(O)CCN(C(=O)C4CCC4)C[C@H]3C2)cn1. The van der Waals surface area contributed by atoms with Crippen molar-refractivity contribution in [3.8, 4) is 0 Å². The van der Waals surface area contributed by atoms with Crippen LogP contribution >= 0.6 is 11.8 Å². The number of carbonyl (C=O) groups is 1. The molecule has 3 heterocycles. The van der Waals surface area contributed by atoms with E-state index in [2.05, 4.69) is 21.8 Å². The van der Waals surface area contributed by atoms with Crippen LogP contribution in [0, 0.1) is 11.8 Å². The Kier molecular flexibility index (Phi) is 5.71. The lowest BCUT2D eigenvalue weighted by Crippen LogP contribution is -2.61. The maximum absolute atomic E-state index is 12.6. The van der Waals surface area contributed by atoms with Crippen molar-refractivity contribution in [3.63, 3.8) is 0 Å². The van der Waals surface area contributed by atoms with Crippen molar-refractivity contribution in [3.05, 3.63) is 18.0 Å². The van der Waals surface area contributed by atoms with Gasteiger partial charge in [-0.2, -0.15) is 0 Å². The Balaban J connectivity index is 1.36. The highest BCUT2D eigenvalue weighted by molar-refractivity contribution is 7.99. The summed E-state index contributed by atoms with van der Waals surface area (Å²) >= 11 is 1.65. The molecule has 2 aliphatic heterocycles. The van der Waals surface area contributed by atoms with Gasteiger partial charge in [0.25, 0.3) is 0 Å². The monoisotopic (exact) mass is 390 g/mol. The van der Waals surface area contributed by atoms with Crippen molar-refractivity contribution in [1.29, 1.82) is 0 Å². The third kappa shape index (κ3) is 4.15. The van der Waals surface area contributed by atoms with Gasteiger partial charge in [0.1, 0.15) is 0 Å². The molecule has 1 aliphatic carbocycles. The molecule has 0 aromatic carbocycles. The summed E-state index contributed by atoms with van der Waals surface area (Å²) < 4.78 is 0. The number of amides is 1. The van der Waals surface area contributed by atoms with Gasteiger partial charge in [-0.15, -0.1) is 0 Å². The molecule has 2 atom stereocenters. The van der Waals surface area contributed by atoms with Gasteiger partial charge in [0, 0.05) is 62.5 Å². The molecule has 7 heteroatoms. The van der Waals surface area contributed by atoms with E-state index in [-0.39, 0.29) is 11.8 Å². The molecule has 1 aromatic rings. The van der Waals surface area contributed by atoms with E-state index in [1.807, 2.05) is 17.3 Å². The van der Waals surface area contributed by atoms with Crippen molar-refractivity contribution >= 4 is 17.7 Å². The topological polar surface area (TPSA) is 69.6 Å². The Morgan fingerprint density at radius 3 is 2.67 bits per heavy atom. The number of likely N-dealkylation sites (tertiary alicyclic amines) is 2. The molecule has 3 fully saturated rings. The van der Waals surface area contributed by atoms with Crippen LogP contribution in [-0.2, 0) is 11.3 Å². The minimum atomic E-state index is -0.606. The first-order valence-corrected chi connectivity index (χ1v) is 11.2. The Morgan fingerprint density at radius 2 is 2.00 bits per heavy atom. The second-order valence-corrected chi connectivity index (χ2v) is 9.49. The van der Waals surface area contributed by atoms with Crippen molar-refractivity contribution in [2.24, 2.45) is 11.8 Å². The third-order valence-corrected chi connectivity index (χ3v) is 7.24. The molecular weight excluding hydrogens is 360 g/mol. The van der Waals surface area contributed by atoms with Crippen molar-refractivity contribution in [2.75, 3.05) is 31.9 Å². The second kappa shape index (κ2) is 8.05. The Bertz CT molecular complexity index is 666. The Labute approximate surface area is 165 Å². The molecule has 0 radical (unpaired) electrons. The van der Waals surface area contributed by atoms with Crippen LogP contribution in [0.1, 0.15) is 44.6 Å². The normalized spacial score (nSPS) is 29.3. The fraction of sp³-hybridized carbons (Fsp3) is 0.750. The summed E-state index contributed by atoms with van der Waals surface area (Å²) in [5, 5.41) is 11.9. The van der Waals surface area contributed by atoms with Crippen LogP contribution in [0.3, 0.4) is 0 Å². The van der Waals surface area contributed by atoms with Gasteiger partial charge >= 0.3 is 0 Å². The second-order valence-electron chi connectivity index (χ2n) is 8.25. The summed E-state index contributed by atoms with van der Waals surface area (Å²) in [7, 11) is 0. The van der Waals surface area contributed by atoms with Crippen LogP contribution < -0.4 is 0 Å². The van der Waals surface area contributed by atoms with Crippen LogP contribution in [-0.4, -0.2) is 68.3 Å². The molecule has 0 spiro atoms. The van der Waals surface area contributed by atoms with Gasteiger partial charge in [-0.3, -0.25) is 9.69 Å². The number of hydrogen-bond donors (Lipinski definition) is 1. The highest BCUT2D eigenvalue weighted by atomic mass is 32.2. The molecule has 1 saturated carbocycles. The van der Waals surface area contributed by atoms with E-state index in [1.54, 1.807) is 11.8 Å². The van der Waals surface area contributed by atoms with Gasteiger partial charge in [0.15, 0.2) is 5.16 Å². The van der Waals surface area contributed by atoms with Crippen LogP contribution in [0.5, 0.6) is 0 Å². The average molecular weight is 391 g/mol. The zero-order valence-corrected chi connectivity index (χ0v) is 17.0. The maximum atomic E-state index is 12.6. The first kappa shape index (κ1) is 19.2. The number of thioether (sulfide) groups is 1. The average Bonchev–Trinajstić information content (AvgIpc) is 2.62. The van der Waals surface area contributed by atoms with E-state index in [0.29, 0.717) is 19.0 Å². The summed E-state index contributed by atoms with van der Waals surface area (Å²) in [5.74, 6) is 1.67. The molecule has 0 unspecified atom stereocenters. The smallest absolute Gasteiger partial charge is 0.225 e. The molecule has 3 aliphatic rings. The van der Waals surface area contributed by atoms with Crippen LogP contribution in [0.25, 0.3) is 0 Å². The lowest BCUT2D eigenvalue weighted by atomic mass is 9.75. The first-order valence-electron chi connectivity index (χ1n) is 10.2. The molecule has 0 bridgehead atoms. The van der Waals surface area contributed by atoms with Gasteiger partial charge in [-0.25, -0.2) is 9.97 Å². The van der Waals surface area contributed by atoms with Crippen molar-refractivity contribution < 1.29 is 9.90 Å². The van der Waals surface area contributed by atoms with Gasteiger partial charge in [0.2, 0.25) is 5.91 Å². The number of piperidine rings is 2. The predicted molar refractivity (Wildman–Crippen MR) is 105 cm³/mol. The van der Waals surface area contributed by atoms with E-state index in [0.717, 1.165) is 61.8 Å². The summed E-state index contributed by atoms with van der Waals surface area (Å²) in [4.78, 5) is 25.9. The van der Waals surface area contributed by atoms with Crippen molar-refractivity contribution in [1.82, 2.24) is 19.8 Å². The maximum Gasteiger partial charge on any atom is 0.225 e. The van der Waals surface area contributed by atoms with E-state index in [4.69, 9.17) is 0 Å². The number of hydrogen-bond acceptors (Lipinski definition) is 6. The fourth-order valence-electron chi connectivity index (χ4n) is 4.51. The number of carbonyl (C=O) groups excluding carboxylic acids is 1. The largest absolute Gasteiger partial charge is 0.389 e. The molecular formula is C20H30N4O2S. The Hall–Kier alpha value is -1.18. The van der Waals surface area contributed by atoms with E-state index in [9.17, 15) is 9.90 Å². The summed E-state index contributed by atoms with van der Waals surface area (Å²) in [6.07, 6.45) is 8.61. The molecule has 1 aromatic heterocycles. The number of aromatic nitrogens is 2. The van der Waals surface area contributed by atoms with Crippen LogP contribution in [0.2, 0.25) is 0 Å². The lowest BCUT2D eigenvalue weighted by molar-refractivity contribution is -0.153. The highest BCUT2D eigenvalue weighted by Gasteiger charge is 2.46. The minimum Gasteiger partial charge on any atom is -0.389 e. The van der Waals surface area contributed by atoms with E-state index in [1.165, 1.54) is 6.42 Å². The van der Waals surface area contributed by atoms with Gasteiger partial charge < -0.3 is 10.0 Å². The number of fused-ring (bicyclic) bond motifs is 1. The molecule has 1 amide bonds. The standard InChI is InChI=1S/C20H30N4O2S/c1-2-27-19-21-10-15(11-22-19)12-23-8-6-20(26)7-9-24(14-17(20)13-23)18(25)16-4-3-5-16/h10-11,16-17,26H,2-9,12-14H2,1H3/t17-,20-/m1/s1. The van der Waals surface area contributed by atoms with Crippen molar-refractivity contribution in [2.45, 2.75) is 56.3 Å². The molecule has 148 valence electrons. The number of rotatable bonds is 5. The van der Waals surface area contributed by atoms with Gasteiger partial charge in [-0.1, -0.05) is 25.1 Å². The van der Waals surface area contributed by atoms with Crippen LogP contribution in [0.15, 0.2) is 17.6 Å². The zero-order valence-electron chi connectivity index (χ0n) is 16.1. The van der Waals surface area contributed by atoms with Crippen LogP contribution in [0.4, 0.5) is 0 Å². The third-order valence-electron chi connectivity index (χ3n) is 6.48.